The summed E-state index contributed by atoms with van der Waals surface area (Å²) in [4.78, 5) is 16.5. The number of carbonyl (C=O) groups excluding carboxylic acids is 1. The Kier molecular flexibility index (Phi) is 5.48. The normalized spacial score (nSPS) is 19.0. The summed E-state index contributed by atoms with van der Waals surface area (Å²) in [6, 6.07) is 9.75. The van der Waals surface area contributed by atoms with Crippen molar-refractivity contribution in [2.24, 2.45) is 0 Å². The molecule has 1 aromatic carbocycles. The van der Waals surface area contributed by atoms with Gasteiger partial charge in [-0.3, -0.25) is 4.79 Å². The van der Waals surface area contributed by atoms with Gasteiger partial charge in [-0.15, -0.1) is 0 Å². The van der Waals surface area contributed by atoms with Gasteiger partial charge in [0.2, 0.25) is 5.91 Å². The minimum absolute atomic E-state index is 0.0468. The number of nitrogens with one attached hydrogen (secondary N) is 1. The fourth-order valence-electron chi connectivity index (χ4n) is 2.93. The molecule has 1 aliphatic heterocycles. The van der Waals surface area contributed by atoms with Crippen LogP contribution in [0.2, 0.25) is 0 Å². The highest BCUT2D eigenvalue weighted by atomic mass is 32.2. The molecule has 6 nitrogen and oxygen atoms in total. The van der Waals surface area contributed by atoms with E-state index in [1.807, 2.05) is 43.5 Å². The van der Waals surface area contributed by atoms with Crippen LogP contribution in [-0.2, 0) is 21.2 Å². The lowest BCUT2D eigenvalue weighted by Gasteiger charge is -2.11. The molecule has 1 aromatic heterocycles. The van der Waals surface area contributed by atoms with E-state index in [0.29, 0.717) is 6.42 Å². The Morgan fingerprint density at radius 1 is 1.36 bits per heavy atom. The molecule has 0 saturated carbocycles. The molecule has 1 saturated heterocycles. The predicted molar refractivity (Wildman–Crippen MR) is 99.3 cm³/mol. The second-order valence-corrected chi connectivity index (χ2v) is 9.16. The molecule has 2 heterocycles. The number of hydrogen-bond acceptors (Lipinski definition) is 5. The molecule has 0 spiro atoms. The van der Waals surface area contributed by atoms with Crippen LogP contribution in [0.1, 0.15) is 13.3 Å². The zero-order valence-corrected chi connectivity index (χ0v) is 15.6. The average molecular weight is 380 g/mol. The van der Waals surface area contributed by atoms with Crippen LogP contribution in [0.3, 0.4) is 0 Å². The van der Waals surface area contributed by atoms with Crippen LogP contribution in [0.4, 0.5) is 0 Å². The number of aromatic nitrogens is 2. The highest BCUT2D eigenvalue weighted by molar-refractivity contribution is 7.99. The van der Waals surface area contributed by atoms with E-state index in [1.165, 1.54) is 11.8 Å². The Labute approximate surface area is 152 Å². The molecule has 0 bridgehead atoms. The number of nitrogens with zero attached hydrogens (tertiary/aromatic N) is 2. The SMILES string of the molecule is CCn1c(-c2ccccc2)cnc1SCC(=O)N[C@H]1CCS(=O)(=O)C1. The van der Waals surface area contributed by atoms with Crippen LogP contribution in [-0.4, -0.2) is 47.2 Å². The van der Waals surface area contributed by atoms with Gasteiger partial charge in [0, 0.05) is 12.6 Å². The number of benzene rings is 1. The average Bonchev–Trinajstić information content (AvgIpc) is 3.16. The second kappa shape index (κ2) is 7.61. The maximum absolute atomic E-state index is 12.1. The van der Waals surface area contributed by atoms with E-state index < -0.39 is 9.84 Å². The summed E-state index contributed by atoms with van der Waals surface area (Å²) in [6.45, 7) is 2.80. The smallest absolute Gasteiger partial charge is 0.230 e. The number of imidazole rings is 1. The van der Waals surface area contributed by atoms with Gasteiger partial charge in [0.25, 0.3) is 0 Å². The first-order valence-electron chi connectivity index (χ1n) is 8.22. The lowest BCUT2D eigenvalue weighted by Crippen LogP contribution is -2.36. The molecule has 3 rings (SSSR count). The fraction of sp³-hybridized carbons (Fsp3) is 0.412. The van der Waals surface area contributed by atoms with E-state index in [4.69, 9.17) is 0 Å². The number of thioether (sulfide) groups is 1. The van der Waals surface area contributed by atoms with E-state index in [1.54, 1.807) is 0 Å². The predicted octanol–water partition coefficient (Wildman–Crippen LogP) is 1.97. The van der Waals surface area contributed by atoms with Gasteiger partial charge in [-0.2, -0.15) is 0 Å². The second-order valence-electron chi connectivity index (χ2n) is 5.99. The first-order chi connectivity index (χ1) is 12.0. The van der Waals surface area contributed by atoms with Crippen LogP contribution in [0, 0.1) is 0 Å². The van der Waals surface area contributed by atoms with Gasteiger partial charge in [0.15, 0.2) is 15.0 Å². The highest BCUT2D eigenvalue weighted by Gasteiger charge is 2.28. The van der Waals surface area contributed by atoms with Crippen molar-refractivity contribution in [3.8, 4) is 11.3 Å². The highest BCUT2D eigenvalue weighted by Crippen LogP contribution is 2.26. The molecule has 0 radical (unpaired) electrons. The van der Waals surface area contributed by atoms with E-state index in [0.717, 1.165) is 23.0 Å². The van der Waals surface area contributed by atoms with Gasteiger partial charge in [-0.05, 0) is 18.9 Å². The van der Waals surface area contributed by atoms with Crippen LogP contribution in [0.25, 0.3) is 11.3 Å². The van der Waals surface area contributed by atoms with Gasteiger partial charge < -0.3 is 9.88 Å². The minimum Gasteiger partial charge on any atom is -0.352 e. The van der Waals surface area contributed by atoms with Crippen molar-refractivity contribution in [1.29, 1.82) is 0 Å². The standard InChI is InChI=1S/C17H21N3O3S2/c1-2-20-15(13-6-4-3-5-7-13)10-18-17(20)24-11-16(21)19-14-8-9-25(22,23)12-14/h3-7,10,14H,2,8-9,11-12H2,1H3,(H,19,21)/t14-/m0/s1. The zero-order valence-electron chi connectivity index (χ0n) is 14.0. The summed E-state index contributed by atoms with van der Waals surface area (Å²) in [7, 11) is -2.98. The summed E-state index contributed by atoms with van der Waals surface area (Å²) >= 11 is 1.37. The van der Waals surface area contributed by atoms with Crippen LogP contribution in [0.15, 0.2) is 41.7 Å². The van der Waals surface area contributed by atoms with Crippen LogP contribution >= 0.6 is 11.8 Å². The Balaban J connectivity index is 1.62. The van der Waals surface area contributed by atoms with Gasteiger partial charge in [-0.25, -0.2) is 13.4 Å². The summed E-state index contributed by atoms with van der Waals surface area (Å²) in [5.41, 5.74) is 2.11. The number of rotatable bonds is 6. The number of amides is 1. The molecule has 2 aromatic rings. The Morgan fingerprint density at radius 2 is 2.12 bits per heavy atom. The summed E-state index contributed by atoms with van der Waals surface area (Å²) < 4.78 is 25.0. The number of carbonyl (C=O) groups is 1. The minimum atomic E-state index is -2.98. The first-order valence-corrected chi connectivity index (χ1v) is 11.0. The van der Waals surface area contributed by atoms with Gasteiger partial charge in [-0.1, -0.05) is 42.1 Å². The third kappa shape index (κ3) is 4.43. The van der Waals surface area contributed by atoms with Crippen molar-refractivity contribution < 1.29 is 13.2 Å². The largest absolute Gasteiger partial charge is 0.352 e. The van der Waals surface area contributed by atoms with Crippen molar-refractivity contribution in [3.63, 3.8) is 0 Å². The maximum Gasteiger partial charge on any atom is 0.230 e. The monoisotopic (exact) mass is 379 g/mol. The van der Waals surface area contributed by atoms with Crippen molar-refractivity contribution in [3.05, 3.63) is 36.5 Å². The molecule has 0 unspecified atom stereocenters. The van der Waals surface area contributed by atoms with E-state index in [-0.39, 0.29) is 29.2 Å². The summed E-state index contributed by atoms with van der Waals surface area (Å²) in [5, 5.41) is 3.59. The Hall–Kier alpha value is -1.80. The van der Waals surface area contributed by atoms with Crippen molar-refractivity contribution in [2.75, 3.05) is 17.3 Å². The van der Waals surface area contributed by atoms with Gasteiger partial charge >= 0.3 is 0 Å². The Morgan fingerprint density at radius 3 is 2.76 bits per heavy atom. The fourth-order valence-corrected chi connectivity index (χ4v) is 5.45. The van der Waals surface area contributed by atoms with Gasteiger partial charge in [0.05, 0.1) is 29.1 Å². The first kappa shape index (κ1) is 18.0. The van der Waals surface area contributed by atoms with Crippen LogP contribution < -0.4 is 5.32 Å². The van der Waals surface area contributed by atoms with Crippen molar-refractivity contribution in [2.45, 2.75) is 31.1 Å². The van der Waals surface area contributed by atoms with Crippen molar-refractivity contribution >= 4 is 27.5 Å². The molecule has 1 aliphatic rings. The summed E-state index contributed by atoms with van der Waals surface area (Å²) in [6.07, 6.45) is 2.32. The molecule has 1 amide bonds. The lowest BCUT2D eigenvalue weighted by molar-refractivity contribution is -0.119. The molecule has 25 heavy (non-hydrogen) atoms. The number of sulfone groups is 1. The Bertz CT molecular complexity index is 847. The molecule has 1 N–H and O–H groups in total. The maximum atomic E-state index is 12.1. The third-order valence-electron chi connectivity index (χ3n) is 4.13. The van der Waals surface area contributed by atoms with Crippen molar-refractivity contribution in [1.82, 2.24) is 14.9 Å². The number of hydrogen-bond donors (Lipinski definition) is 1. The molecule has 8 heteroatoms. The molecular formula is C17H21N3O3S2. The summed E-state index contributed by atoms with van der Waals surface area (Å²) in [5.74, 6) is 0.276. The topological polar surface area (TPSA) is 81.1 Å². The van der Waals surface area contributed by atoms with Gasteiger partial charge in [0.1, 0.15) is 0 Å². The molecule has 134 valence electrons. The van der Waals surface area contributed by atoms with Crippen LogP contribution in [0.5, 0.6) is 0 Å². The van der Waals surface area contributed by atoms with E-state index >= 15 is 0 Å². The molecular weight excluding hydrogens is 358 g/mol. The van der Waals surface area contributed by atoms with E-state index in [2.05, 4.69) is 14.9 Å². The third-order valence-corrected chi connectivity index (χ3v) is 6.89. The van der Waals surface area contributed by atoms with E-state index in [9.17, 15) is 13.2 Å². The quantitative estimate of drug-likeness (QED) is 0.776. The molecule has 0 aliphatic carbocycles. The lowest BCUT2D eigenvalue weighted by atomic mass is 10.2. The molecule has 1 fully saturated rings. The zero-order chi connectivity index (χ0) is 17.9. The molecule has 1 atom stereocenters.